The van der Waals surface area contributed by atoms with Gasteiger partial charge in [0, 0.05) is 32.7 Å². The van der Waals surface area contributed by atoms with Crippen LogP contribution in [-0.4, -0.2) is 56.9 Å². The van der Waals surface area contributed by atoms with Crippen LogP contribution in [0, 0.1) is 0 Å². The van der Waals surface area contributed by atoms with Crippen molar-refractivity contribution in [1.29, 1.82) is 0 Å². The van der Waals surface area contributed by atoms with Gasteiger partial charge in [0.15, 0.2) is 0 Å². The van der Waals surface area contributed by atoms with Crippen molar-refractivity contribution in [2.75, 3.05) is 33.3 Å². The third-order valence-corrected chi connectivity index (χ3v) is 7.16. The molecule has 1 saturated heterocycles. The van der Waals surface area contributed by atoms with Gasteiger partial charge in [0.1, 0.15) is 9.77 Å². The number of benzene rings is 1. The fourth-order valence-electron chi connectivity index (χ4n) is 2.85. The summed E-state index contributed by atoms with van der Waals surface area (Å²) in [6.07, 6.45) is 0. The van der Waals surface area contributed by atoms with E-state index < -0.39 is 16.0 Å². The number of thiophene rings is 1. The fourth-order valence-corrected chi connectivity index (χ4v) is 5.58. The Labute approximate surface area is 163 Å². The molecule has 0 radical (unpaired) electrons. The van der Waals surface area contributed by atoms with Crippen LogP contribution in [0.4, 0.5) is 0 Å². The maximum atomic E-state index is 12.9. The second-order valence-electron chi connectivity index (χ2n) is 5.77. The van der Waals surface area contributed by atoms with Crippen molar-refractivity contribution in [3.63, 3.8) is 0 Å². The molecular formula is C17H20ClN2O4S2-. The van der Waals surface area contributed by atoms with Crippen LogP contribution >= 0.6 is 11.3 Å². The lowest BCUT2D eigenvalue weighted by Gasteiger charge is -2.33. The minimum absolute atomic E-state index is 0. The molecule has 0 aliphatic carbocycles. The molecule has 1 fully saturated rings. The van der Waals surface area contributed by atoms with Gasteiger partial charge in [-0.3, -0.25) is 4.90 Å². The first-order chi connectivity index (χ1) is 12.0. The lowest BCUT2D eigenvalue weighted by Crippen LogP contribution is -3.00. The minimum atomic E-state index is -3.68. The monoisotopic (exact) mass is 415 g/mol. The number of hydrogen-bond acceptors (Lipinski definition) is 6. The van der Waals surface area contributed by atoms with Gasteiger partial charge in [0.2, 0.25) is 10.0 Å². The van der Waals surface area contributed by atoms with E-state index in [9.17, 15) is 13.2 Å². The molecule has 2 aromatic rings. The molecule has 0 amide bonds. The molecule has 6 nitrogen and oxygen atoms in total. The Morgan fingerprint density at radius 1 is 1.12 bits per heavy atom. The van der Waals surface area contributed by atoms with Crippen LogP contribution in [0.5, 0.6) is 0 Å². The van der Waals surface area contributed by atoms with Crippen LogP contribution in [0.3, 0.4) is 0 Å². The Bertz CT molecular complexity index is 831. The number of hydrogen-bond donors (Lipinski definition) is 0. The van der Waals surface area contributed by atoms with Crippen LogP contribution in [0.25, 0.3) is 0 Å². The van der Waals surface area contributed by atoms with Crippen LogP contribution in [0.2, 0.25) is 0 Å². The summed E-state index contributed by atoms with van der Waals surface area (Å²) >= 11 is 1.08. The van der Waals surface area contributed by atoms with E-state index in [1.165, 1.54) is 23.0 Å². The van der Waals surface area contributed by atoms with Crippen molar-refractivity contribution in [2.45, 2.75) is 11.4 Å². The molecular weight excluding hydrogens is 396 g/mol. The number of esters is 1. The predicted octanol–water partition coefficient (Wildman–Crippen LogP) is -0.955. The molecule has 26 heavy (non-hydrogen) atoms. The lowest BCUT2D eigenvalue weighted by atomic mass is 10.2. The highest BCUT2D eigenvalue weighted by Gasteiger charge is 2.32. The van der Waals surface area contributed by atoms with Crippen molar-refractivity contribution >= 4 is 27.3 Å². The van der Waals surface area contributed by atoms with Crippen LogP contribution in [0.1, 0.15) is 15.2 Å². The second-order valence-corrected chi connectivity index (χ2v) is 8.59. The van der Waals surface area contributed by atoms with E-state index in [0.29, 0.717) is 26.2 Å². The Morgan fingerprint density at radius 2 is 1.77 bits per heavy atom. The van der Waals surface area contributed by atoms with Crippen molar-refractivity contribution in [3.8, 4) is 0 Å². The molecule has 1 aliphatic heterocycles. The van der Waals surface area contributed by atoms with Gasteiger partial charge in [-0.1, -0.05) is 30.3 Å². The molecule has 142 valence electrons. The highest BCUT2D eigenvalue weighted by molar-refractivity contribution is 7.89. The molecule has 1 aliphatic rings. The summed E-state index contributed by atoms with van der Waals surface area (Å²) in [6.45, 7) is 2.94. The molecule has 0 N–H and O–H groups in total. The van der Waals surface area contributed by atoms with Crippen molar-refractivity contribution in [3.05, 3.63) is 52.2 Å². The Kier molecular flexibility index (Phi) is 7.19. The number of methoxy groups -OCH3 is 1. The van der Waals surface area contributed by atoms with Gasteiger partial charge in [0.25, 0.3) is 0 Å². The minimum Gasteiger partial charge on any atom is -1.00 e. The highest BCUT2D eigenvalue weighted by Crippen LogP contribution is 2.26. The van der Waals surface area contributed by atoms with E-state index in [0.717, 1.165) is 17.9 Å². The molecule has 0 saturated carbocycles. The quantitative estimate of drug-likeness (QED) is 0.589. The van der Waals surface area contributed by atoms with Gasteiger partial charge in [-0.05, 0) is 17.0 Å². The summed E-state index contributed by atoms with van der Waals surface area (Å²) in [5.74, 6) is -0.615. The summed E-state index contributed by atoms with van der Waals surface area (Å²) in [5.41, 5.74) is 1.21. The zero-order valence-electron chi connectivity index (χ0n) is 14.3. The van der Waals surface area contributed by atoms with E-state index in [1.807, 2.05) is 18.2 Å². The van der Waals surface area contributed by atoms with Crippen LogP contribution < -0.4 is 12.4 Å². The number of piperazine rings is 1. The Balaban J connectivity index is 0.00000243. The van der Waals surface area contributed by atoms with Gasteiger partial charge >= 0.3 is 5.97 Å². The summed E-state index contributed by atoms with van der Waals surface area (Å²) in [4.78, 5) is 14.2. The number of sulfonamides is 1. The first kappa shape index (κ1) is 20.9. The predicted molar refractivity (Wildman–Crippen MR) is 96.1 cm³/mol. The van der Waals surface area contributed by atoms with Crippen molar-refractivity contribution in [1.82, 2.24) is 9.21 Å². The molecule has 1 aromatic carbocycles. The topological polar surface area (TPSA) is 66.9 Å². The summed E-state index contributed by atoms with van der Waals surface area (Å²) in [7, 11) is -2.43. The molecule has 0 atom stereocenters. The van der Waals surface area contributed by atoms with Gasteiger partial charge in [-0.25, -0.2) is 13.2 Å². The SMILES string of the molecule is COC(=O)c1sccc1S(=O)(=O)N1CCN(Cc2ccccc2)CC1.[Cl-]. The molecule has 1 aromatic heterocycles. The van der Waals surface area contributed by atoms with Gasteiger partial charge in [0.05, 0.1) is 7.11 Å². The molecule has 2 heterocycles. The summed E-state index contributed by atoms with van der Waals surface area (Å²) in [6, 6.07) is 11.6. The maximum Gasteiger partial charge on any atom is 0.349 e. The van der Waals surface area contributed by atoms with E-state index in [4.69, 9.17) is 0 Å². The Morgan fingerprint density at radius 3 is 2.38 bits per heavy atom. The van der Waals surface area contributed by atoms with E-state index >= 15 is 0 Å². The van der Waals surface area contributed by atoms with Crippen LogP contribution in [-0.2, 0) is 21.3 Å². The molecule has 0 spiro atoms. The zero-order chi connectivity index (χ0) is 17.9. The molecule has 0 unspecified atom stereocenters. The third kappa shape index (κ3) is 4.44. The van der Waals surface area contributed by atoms with E-state index in [2.05, 4.69) is 21.8 Å². The number of halogens is 1. The van der Waals surface area contributed by atoms with E-state index in [1.54, 1.807) is 5.38 Å². The molecule has 9 heteroatoms. The van der Waals surface area contributed by atoms with Gasteiger partial charge in [-0.15, -0.1) is 11.3 Å². The molecule has 0 bridgehead atoms. The fraction of sp³-hybridized carbons (Fsp3) is 0.353. The molecule has 3 rings (SSSR count). The average molecular weight is 416 g/mol. The summed E-state index contributed by atoms with van der Waals surface area (Å²) in [5, 5.41) is 1.60. The number of nitrogens with zero attached hydrogens (tertiary/aromatic N) is 2. The third-order valence-electron chi connectivity index (χ3n) is 4.20. The highest BCUT2D eigenvalue weighted by atomic mass is 35.5. The lowest BCUT2D eigenvalue weighted by molar-refractivity contribution is -0.0000220. The number of carbonyl (C=O) groups excluding carboxylic acids is 1. The first-order valence-corrected chi connectivity index (χ1v) is 10.3. The normalized spacial score (nSPS) is 16.0. The number of carbonyl (C=O) groups is 1. The van der Waals surface area contributed by atoms with Crippen molar-refractivity contribution in [2.24, 2.45) is 0 Å². The van der Waals surface area contributed by atoms with Crippen molar-refractivity contribution < 1.29 is 30.4 Å². The first-order valence-electron chi connectivity index (χ1n) is 7.94. The number of rotatable bonds is 5. The number of ether oxygens (including phenoxy) is 1. The maximum absolute atomic E-state index is 12.9. The van der Waals surface area contributed by atoms with Crippen LogP contribution in [0.15, 0.2) is 46.7 Å². The largest absolute Gasteiger partial charge is 1.00 e. The standard InChI is InChI=1S/C17H20N2O4S2.ClH/c1-23-17(20)16-15(7-12-24-16)25(21,22)19-10-8-18(9-11-19)13-14-5-3-2-4-6-14;/h2-7,12H,8-11,13H2,1H3;1H/p-1. The zero-order valence-corrected chi connectivity index (χ0v) is 16.7. The smallest absolute Gasteiger partial charge is 0.349 e. The Hall–Kier alpha value is -1.45. The van der Waals surface area contributed by atoms with E-state index in [-0.39, 0.29) is 22.2 Å². The summed E-state index contributed by atoms with van der Waals surface area (Å²) < 4.78 is 31.9. The van der Waals surface area contributed by atoms with Gasteiger partial charge in [-0.2, -0.15) is 4.31 Å². The average Bonchev–Trinajstić information content (AvgIpc) is 3.13. The second kappa shape index (κ2) is 8.96. The van der Waals surface area contributed by atoms with Gasteiger partial charge < -0.3 is 17.1 Å².